The van der Waals surface area contributed by atoms with Gasteiger partial charge in [0.15, 0.2) is 0 Å². The number of fused-ring (bicyclic) bond motifs is 1. The molecule has 1 aliphatic heterocycles. The molecular weight excluding hydrogens is 316 g/mol. The molecule has 0 spiro atoms. The van der Waals surface area contributed by atoms with Crippen LogP contribution >= 0.6 is 12.4 Å². The first-order valence-electron chi connectivity index (χ1n) is 8.03. The van der Waals surface area contributed by atoms with E-state index in [1.54, 1.807) is 11.8 Å². The summed E-state index contributed by atoms with van der Waals surface area (Å²) in [6, 6.07) is 5.97. The Balaban J connectivity index is 0.00000192. The van der Waals surface area contributed by atoms with E-state index >= 15 is 0 Å². The third-order valence-electron chi connectivity index (χ3n) is 4.18. The summed E-state index contributed by atoms with van der Waals surface area (Å²) in [6.07, 6.45) is 3.87. The van der Waals surface area contributed by atoms with E-state index in [1.807, 2.05) is 18.2 Å². The lowest BCUT2D eigenvalue weighted by Gasteiger charge is -2.25. The van der Waals surface area contributed by atoms with E-state index in [0.29, 0.717) is 6.61 Å². The van der Waals surface area contributed by atoms with Gasteiger partial charge in [0.05, 0.1) is 6.61 Å². The second-order valence-corrected chi connectivity index (χ2v) is 5.83. The van der Waals surface area contributed by atoms with Crippen LogP contribution in [0.15, 0.2) is 18.2 Å². The van der Waals surface area contributed by atoms with Gasteiger partial charge in [-0.15, -0.1) is 12.4 Å². The SMILES string of the molecule is CCOC(=O)CN(C(=O)c1cccc2c1CCCN2)C1CC1.Cl. The van der Waals surface area contributed by atoms with E-state index in [9.17, 15) is 9.59 Å². The number of anilines is 1. The van der Waals surface area contributed by atoms with Crippen LogP contribution in [0, 0.1) is 0 Å². The summed E-state index contributed by atoms with van der Waals surface area (Å²) in [6.45, 7) is 3.12. The van der Waals surface area contributed by atoms with Crippen LogP contribution in [0.1, 0.15) is 42.1 Å². The smallest absolute Gasteiger partial charge is 0.325 e. The minimum Gasteiger partial charge on any atom is -0.465 e. The van der Waals surface area contributed by atoms with Crippen molar-refractivity contribution < 1.29 is 14.3 Å². The zero-order chi connectivity index (χ0) is 15.5. The van der Waals surface area contributed by atoms with Crippen molar-refractivity contribution >= 4 is 30.0 Å². The molecule has 1 saturated carbocycles. The van der Waals surface area contributed by atoms with Gasteiger partial charge >= 0.3 is 5.97 Å². The fourth-order valence-corrected chi connectivity index (χ4v) is 2.96. The Morgan fingerprint density at radius 1 is 1.35 bits per heavy atom. The molecule has 0 radical (unpaired) electrons. The number of hydrogen-bond acceptors (Lipinski definition) is 4. The highest BCUT2D eigenvalue weighted by Crippen LogP contribution is 2.31. The first-order chi connectivity index (χ1) is 10.7. The molecular formula is C17H23ClN2O3. The first-order valence-corrected chi connectivity index (χ1v) is 8.03. The predicted octanol–water partition coefficient (Wildman–Crippen LogP) is 2.63. The van der Waals surface area contributed by atoms with Gasteiger partial charge in [0, 0.05) is 23.8 Å². The number of carbonyl (C=O) groups is 2. The second kappa shape index (κ2) is 7.68. The number of halogens is 1. The molecule has 0 unspecified atom stereocenters. The molecule has 2 aliphatic rings. The van der Waals surface area contributed by atoms with Crippen LogP contribution in [-0.4, -0.2) is 42.5 Å². The van der Waals surface area contributed by atoms with Crippen LogP contribution in [0.4, 0.5) is 5.69 Å². The van der Waals surface area contributed by atoms with E-state index in [0.717, 1.165) is 49.0 Å². The normalized spacial score (nSPS) is 15.7. The highest BCUT2D eigenvalue weighted by atomic mass is 35.5. The maximum absolute atomic E-state index is 12.9. The molecule has 1 amide bonds. The average molecular weight is 339 g/mol. The summed E-state index contributed by atoms with van der Waals surface area (Å²) in [4.78, 5) is 26.4. The van der Waals surface area contributed by atoms with Crippen LogP contribution in [0.2, 0.25) is 0 Å². The standard InChI is InChI=1S/C17H22N2O3.ClH/c1-2-22-16(20)11-19(12-8-9-12)17(21)14-5-3-7-15-13(14)6-4-10-18-15;/h3,5,7,12,18H,2,4,6,8-11H2,1H3;1H. The molecule has 1 aromatic rings. The third kappa shape index (κ3) is 3.96. The monoisotopic (exact) mass is 338 g/mol. The summed E-state index contributed by atoms with van der Waals surface area (Å²) >= 11 is 0. The summed E-state index contributed by atoms with van der Waals surface area (Å²) < 4.78 is 5.00. The summed E-state index contributed by atoms with van der Waals surface area (Å²) in [5, 5.41) is 3.34. The number of esters is 1. The average Bonchev–Trinajstić information content (AvgIpc) is 3.36. The Morgan fingerprint density at radius 3 is 2.83 bits per heavy atom. The number of nitrogens with one attached hydrogen (secondary N) is 1. The molecule has 1 aliphatic carbocycles. The Hall–Kier alpha value is -1.75. The Morgan fingerprint density at radius 2 is 2.13 bits per heavy atom. The zero-order valence-electron chi connectivity index (χ0n) is 13.3. The number of carbonyl (C=O) groups excluding carboxylic acids is 2. The zero-order valence-corrected chi connectivity index (χ0v) is 14.2. The molecule has 5 nitrogen and oxygen atoms in total. The van der Waals surface area contributed by atoms with Crippen molar-refractivity contribution in [1.29, 1.82) is 0 Å². The van der Waals surface area contributed by atoms with Crippen LogP contribution in [0.25, 0.3) is 0 Å². The van der Waals surface area contributed by atoms with E-state index in [1.165, 1.54) is 0 Å². The minimum absolute atomic E-state index is 0. The maximum atomic E-state index is 12.9. The van der Waals surface area contributed by atoms with Crippen molar-refractivity contribution in [2.45, 2.75) is 38.6 Å². The Kier molecular flexibility index (Phi) is 5.88. The Labute approximate surface area is 142 Å². The quantitative estimate of drug-likeness (QED) is 0.838. The molecule has 126 valence electrons. The van der Waals surface area contributed by atoms with E-state index in [-0.39, 0.29) is 36.9 Å². The van der Waals surface area contributed by atoms with E-state index < -0.39 is 0 Å². The van der Waals surface area contributed by atoms with Crippen molar-refractivity contribution in [2.75, 3.05) is 25.0 Å². The van der Waals surface area contributed by atoms with Gasteiger partial charge in [-0.3, -0.25) is 9.59 Å². The molecule has 1 fully saturated rings. The summed E-state index contributed by atoms with van der Waals surface area (Å²) in [5.41, 5.74) is 2.85. The molecule has 1 aromatic carbocycles. The van der Waals surface area contributed by atoms with E-state index in [2.05, 4.69) is 5.32 Å². The lowest BCUT2D eigenvalue weighted by Crippen LogP contribution is -2.39. The lowest BCUT2D eigenvalue weighted by molar-refractivity contribution is -0.144. The molecule has 3 rings (SSSR count). The van der Waals surface area contributed by atoms with Gasteiger partial charge in [-0.25, -0.2) is 0 Å². The first kappa shape index (κ1) is 17.6. The van der Waals surface area contributed by atoms with Gasteiger partial charge in [0.25, 0.3) is 5.91 Å². The fourth-order valence-electron chi connectivity index (χ4n) is 2.96. The van der Waals surface area contributed by atoms with Crippen LogP contribution in [0.5, 0.6) is 0 Å². The van der Waals surface area contributed by atoms with Gasteiger partial charge in [-0.1, -0.05) is 6.07 Å². The van der Waals surface area contributed by atoms with Crippen molar-refractivity contribution in [3.63, 3.8) is 0 Å². The number of benzene rings is 1. The molecule has 1 N–H and O–H groups in total. The van der Waals surface area contributed by atoms with Crippen molar-refractivity contribution in [2.24, 2.45) is 0 Å². The minimum atomic E-state index is -0.328. The third-order valence-corrected chi connectivity index (χ3v) is 4.18. The molecule has 0 aromatic heterocycles. The van der Waals surface area contributed by atoms with E-state index in [4.69, 9.17) is 4.74 Å². The van der Waals surface area contributed by atoms with Crippen molar-refractivity contribution in [1.82, 2.24) is 4.90 Å². The summed E-state index contributed by atoms with van der Waals surface area (Å²) in [7, 11) is 0. The molecule has 23 heavy (non-hydrogen) atoms. The van der Waals surface area contributed by atoms with Gasteiger partial charge in [0.1, 0.15) is 6.54 Å². The van der Waals surface area contributed by atoms with Gasteiger partial charge in [-0.2, -0.15) is 0 Å². The number of amides is 1. The topological polar surface area (TPSA) is 58.6 Å². The van der Waals surface area contributed by atoms with Gasteiger partial charge < -0.3 is 15.0 Å². The van der Waals surface area contributed by atoms with Crippen LogP contribution in [-0.2, 0) is 16.0 Å². The largest absolute Gasteiger partial charge is 0.465 e. The molecule has 0 saturated heterocycles. The summed E-state index contributed by atoms with van der Waals surface area (Å²) in [5.74, 6) is -0.373. The Bertz CT molecular complexity index is 587. The fraction of sp³-hybridized carbons (Fsp3) is 0.529. The number of hydrogen-bond donors (Lipinski definition) is 1. The van der Waals surface area contributed by atoms with Gasteiger partial charge in [0.2, 0.25) is 0 Å². The van der Waals surface area contributed by atoms with Crippen LogP contribution in [0.3, 0.4) is 0 Å². The number of ether oxygens (including phenoxy) is 1. The number of rotatable bonds is 5. The lowest BCUT2D eigenvalue weighted by atomic mass is 9.96. The molecule has 0 atom stereocenters. The van der Waals surface area contributed by atoms with Gasteiger partial charge in [-0.05, 0) is 50.3 Å². The maximum Gasteiger partial charge on any atom is 0.325 e. The highest BCUT2D eigenvalue weighted by molar-refractivity contribution is 5.99. The van der Waals surface area contributed by atoms with Crippen molar-refractivity contribution in [3.8, 4) is 0 Å². The number of nitrogens with zero attached hydrogens (tertiary/aromatic N) is 1. The molecule has 0 bridgehead atoms. The molecule has 6 heteroatoms. The predicted molar refractivity (Wildman–Crippen MR) is 91.2 cm³/mol. The van der Waals surface area contributed by atoms with Crippen LogP contribution < -0.4 is 5.32 Å². The molecule has 1 heterocycles. The second-order valence-electron chi connectivity index (χ2n) is 5.83. The highest BCUT2D eigenvalue weighted by Gasteiger charge is 2.35. The van der Waals surface area contributed by atoms with Crippen molar-refractivity contribution in [3.05, 3.63) is 29.3 Å².